The maximum atomic E-state index is 11.2. The number of carbonyl (C=O) groups excluding carboxylic acids is 2. The van der Waals surface area contributed by atoms with E-state index >= 15 is 0 Å². The quantitative estimate of drug-likeness (QED) is 0.595. The molecule has 1 aromatic carbocycles. The van der Waals surface area contributed by atoms with Crippen molar-refractivity contribution >= 4 is 23.3 Å². The molecule has 0 unspecified atom stereocenters. The molecule has 1 amide bonds. The van der Waals surface area contributed by atoms with Crippen LogP contribution in [0.3, 0.4) is 0 Å². The van der Waals surface area contributed by atoms with E-state index in [4.69, 9.17) is 5.73 Å². The Bertz CT molecular complexity index is 560. The van der Waals surface area contributed by atoms with Gasteiger partial charge in [-0.3, -0.25) is 9.59 Å². The van der Waals surface area contributed by atoms with Gasteiger partial charge in [0.2, 0.25) is 5.91 Å². The van der Waals surface area contributed by atoms with E-state index in [-0.39, 0.29) is 0 Å². The average Bonchev–Trinajstić information content (AvgIpc) is 2.71. The van der Waals surface area contributed by atoms with Gasteiger partial charge in [-0.15, -0.1) is 0 Å². The van der Waals surface area contributed by atoms with Gasteiger partial charge in [-0.1, -0.05) is 6.07 Å². The minimum Gasteiger partial charge on any atom is -0.467 e. The molecular weight excluding hydrogens is 220 g/mol. The second kappa shape index (κ2) is 4.69. The minimum atomic E-state index is -0.453. The van der Waals surface area contributed by atoms with Crippen LogP contribution in [-0.2, 0) is 16.0 Å². The Morgan fingerprint density at radius 3 is 3.00 bits per heavy atom. The lowest BCUT2D eigenvalue weighted by molar-refractivity contribution is -0.128. The summed E-state index contributed by atoms with van der Waals surface area (Å²) in [7, 11) is 0. The van der Waals surface area contributed by atoms with E-state index in [9.17, 15) is 9.59 Å². The summed E-state index contributed by atoms with van der Waals surface area (Å²) in [6.45, 7) is 0.722. The fourth-order valence-corrected chi connectivity index (χ4v) is 1.78. The van der Waals surface area contributed by atoms with Gasteiger partial charge in [0.1, 0.15) is 0 Å². The molecule has 17 heavy (non-hydrogen) atoms. The molecule has 0 saturated heterocycles. The highest BCUT2D eigenvalue weighted by atomic mass is 16.5. The fraction of sp³-hybridized carbons (Fsp3) is 0.167. The van der Waals surface area contributed by atoms with Crippen LogP contribution in [0.2, 0.25) is 0 Å². The van der Waals surface area contributed by atoms with Crippen LogP contribution in [0.4, 0.5) is 0 Å². The molecule has 1 heterocycles. The second-order valence-corrected chi connectivity index (χ2v) is 3.64. The molecule has 2 aromatic rings. The zero-order valence-electron chi connectivity index (χ0n) is 9.10. The molecular formula is C12H12N2O3. The first-order chi connectivity index (χ1) is 8.22. The number of nitrogens with one attached hydrogen (secondary N) is 1. The Morgan fingerprint density at radius 1 is 1.47 bits per heavy atom. The van der Waals surface area contributed by atoms with Crippen molar-refractivity contribution in [3.8, 4) is 0 Å². The smallest absolute Gasteiger partial charge is 0.293 e. The minimum absolute atomic E-state index is 0.308. The highest BCUT2D eigenvalue weighted by Crippen LogP contribution is 2.19. The number of nitrogens with two attached hydrogens (primary N) is 1. The van der Waals surface area contributed by atoms with E-state index in [1.807, 2.05) is 12.1 Å². The van der Waals surface area contributed by atoms with Gasteiger partial charge >= 0.3 is 0 Å². The summed E-state index contributed by atoms with van der Waals surface area (Å²) in [6, 6.07) is 7.17. The number of amides is 1. The van der Waals surface area contributed by atoms with Crippen molar-refractivity contribution in [2.45, 2.75) is 6.42 Å². The highest BCUT2D eigenvalue weighted by molar-refractivity contribution is 6.05. The fourth-order valence-electron chi connectivity index (χ4n) is 1.78. The number of H-pyrrole nitrogens is 1. The number of hydrogen-bond acceptors (Lipinski definition) is 3. The number of hydrogen-bond donors (Lipinski definition) is 2. The molecule has 0 fully saturated rings. The third-order valence-electron chi connectivity index (χ3n) is 2.54. The van der Waals surface area contributed by atoms with Crippen LogP contribution in [-0.4, -0.2) is 24.0 Å². The highest BCUT2D eigenvalue weighted by Gasteiger charge is 2.08. The number of fused-ring (bicyclic) bond motifs is 1. The van der Waals surface area contributed by atoms with Gasteiger partial charge in [0.15, 0.2) is 0 Å². The van der Waals surface area contributed by atoms with E-state index in [2.05, 4.69) is 9.72 Å². The van der Waals surface area contributed by atoms with E-state index in [1.165, 1.54) is 0 Å². The average molecular weight is 232 g/mol. The maximum absolute atomic E-state index is 11.2. The number of carbonyl (C=O) groups is 2. The van der Waals surface area contributed by atoms with Crippen molar-refractivity contribution in [2.24, 2.45) is 5.73 Å². The van der Waals surface area contributed by atoms with Crippen LogP contribution in [0.5, 0.6) is 0 Å². The Hall–Kier alpha value is -2.30. The first kappa shape index (κ1) is 11.2. The van der Waals surface area contributed by atoms with Gasteiger partial charge in [-0.2, -0.15) is 0 Å². The molecule has 0 atom stereocenters. The molecule has 0 saturated carbocycles. The Morgan fingerprint density at radius 2 is 2.29 bits per heavy atom. The lowest BCUT2D eigenvalue weighted by Gasteiger charge is -1.95. The Kier molecular flexibility index (Phi) is 3.09. The third kappa shape index (κ3) is 2.28. The molecule has 1 aromatic heterocycles. The SMILES string of the molecule is NC(=O)c1cccc2[nH]c(CCOC=O)cc12. The summed E-state index contributed by atoms with van der Waals surface area (Å²) in [6.07, 6.45) is 0.575. The van der Waals surface area contributed by atoms with Crippen LogP contribution >= 0.6 is 0 Å². The van der Waals surface area contributed by atoms with Crippen LogP contribution in [0.1, 0.15) is 16.1 Å². The molecule has 5 nitrogen and oxygen atoms in total. The van der Waals surface area contributed by atoms with E-state index < -0.39 is 5.91 Å². The summed E-state index contributed by atoms with van der Waals surface area (Å²) in [5, 5.41) is 0.793. The molecule has 2 rings (SSSR count). The van der Waals surface area contributed by atoms with Crippen molar-refractivity contribution in [2.75, 3.05) is 6.61 Å². The molecule has 88 valence electrons. The molecule has 0 aliphatic carbocycles. The van der Waals surface area contributed by atoms with Gasteiger partial charge in [0.05, 0.1) is 6.61 Å². The van der Waals surface area contributed by atoms with Gasteiger partial charge in [0, 0.05) is 28.6 Å². The number of aromatic nitrogens is 1. The molecule has 3 N–H and O–H groups in total. The summed E-state index contributed by atoms with van der Waals surface area (Å²) >= 11 is 0. The summed E-state index contributed by atoms with van der Waals surface area (Å²) in [4.78, 5) is 24.4. The molecule has 0 bridgehead atoms. The molecule has 0 aliphatic heterocycles. The van der Waals surface area contributed by atoms with Gasteiger partial charge in [0.25, 0.3) is 6.47 Å². The van der Waals surface area contributed by atoms with Gasteiger partial charge < -0.3 is 15.5 Å². The lowest BCUT2D eigenvalue weighted by Crippen LogP contribution is -2.10. The van der Waals surface area contributed by atoms with Crippen molar-refractivity contribution < 1.29 is 14.3 Å². The maximum Gasteiger partial charge on any atom is 0.293 e. The topological polar surface area (TPSA) is 85.2 Å². The zero-order valence-corrected chi connectivity index (χ0v) is 9.10. The number of primary amides is 1. The van der Waals surface area contributed by atoms with Crippen LogP contribution in [0.15, 0.2) is 24.3 Å². The number of benzene rings is 1. The largest absolute Gasteiger partial charge is 0.467 e. The predicted molar refractivity (Wildman–Crippen MR) is 62.5 cm³/mol. The Balaban J connectivity index is 2.33. The van der Waals surface area contributed by atoms with E-state index in [0.29, 0.717) is 25.1 Å². The molecule has 5 heteroatoms. The normalized spacial score (nSPS) is 10.4. The molecule has 0 aliphatic rings. The number of aromatic amines is 1. The predicted octanol–water partition coefficient (Wildman–Crippen LogP) is 0.982. The van der Waals surface area contributed by atoms with Crippen LogP contribution in [0, 0.1) is 0 Å². The summed E-state index contributed by atoms with van der Waals surface area (Å²) in [5.74, 6) is -0.453. The van der Waals surface area contributed by atoms with Crippen molar-refractivity contribution in [3.05, 3.63) is 35.5 Å². The molecule has 0 radical (unpaired) electrons. The van der Waals surface area contributed by atoms with Gasteiger partial charge in [-0.25, -0.2) is 0 Å². The lowest BCUT2D eigenvalue weighted by atomic mass is 10.1. The Labute approximate surface area is 97.6 Å². The first-order valence-electron chi connectivity index (χ1n) is 5.18. The monoisotopic (exact) mass is 232 g/mol. The zero-order chi connectivity index (χ0) is 12.3. The van der Waals surface area contributed by atoms with Crippen molar-refractivity contribution in [1.29, 1.82) is 0 Å². The van der Waals surface area contributed by atoms with E-state index in [1.54, 1.807) is 12.1 Å². The second-order valence-electron chi connectivity index (χ2n) is 3.64. The van der Waals surface area contributed by atoms with Crippen molar-refractivity contribution in [3.63, 3.8) is 0 Å². The van der Waals surface area contributed by atoms with Crippen molar-refractivity contribution in [1.82, 2.24) is 4.98 Å². The third-order valence-corrected chi connectivity index (χ3v) is 2.54. The number of ether oxygens (including phenoxy) is 1. The first-order valence-corrected chi connectivity index (χ1v) is 5.18. The summed E-state index contributed by atoms with van der Waals surface area (Å²) in [5.41, 5.74) is 7.52. The number of rotatable bonds is 5. The van der Waals surface area contributed by atoms with Gasteiger partial charge in [-0.05, 0) is 18.2 Å². The summed E-state index contributed by atoms with van der Waals surface area (Å²) < 4.78 is 4.62. The van der Waals surface area contributed by atoms with E-state index in [0.717, 1.165) is 16.6 Å². The van der Waals surface area contributed by atoms with Crippen LogP contribution < -0.4 is 5.73 Å². The van der Waals surface area contributed by atoms with Crippen LogP contribution in [0.25, 0.3) is 10.9 Å². The standard InChI is InChI=1S/C12H12N2O3/c13-12(16)9-2-1-3-11-10(9)6-8(14-11)4-5-17-7-15/h1-3,6-7,14H,4-5H2,(H2,13,16). The molecule has 0 spiro atoms.